The van der Waals surface area contributed by atoms with Crippen LogP contribution in [0.2, 0.25) is 0 Å². The van der Waals surface area contributed by atoms with Gasteiger partial charge in [0.05, 0.1) is 6.54 Å². The number of halogens is 1. The van der Waals surface area contributed by atoms with E-state index in [9.17, 15) is 14.3 Å². The molecular weight excluding hydrogens is 249 g/mol. The molecule has 0 radical (unpaired) electrons. The molecule has 0 aliphatic carbocycles. The zero-order valence-electron chi connectivity index (χ0n) is 11.3. The van der Waals surface area contributed by atoms with Crippen molar-refractivity contribution in [2.24, 2.45) is 0 Å². The molecular formula is C14H20FNO3. The summed E-state index contributed by atoms with van der Waals surface area (Å²) in [6.07, 6.45) is 0.848. The van der Waals surface area contributed by atoms with Crippen LogP contribution in [-0.2, 0) is 15.1 Å². The minimum Gasteiger partial charge on any atom is -0.384 e. The van der Waals surface area contributed by atoms with Crippen LogP contribution in [0.15, 0.2) is 24.3 Å². The summed E-state index contributed by atoms with van der Waals surface area (Å²) in [4.78, 5) is 11.4. The molecule has 0 fully saturated rings. The zero-order valence-corrected chi connectivity index (χ0v) is 11.3. The topological polar surface area (TPSA) is 58.6 Å². The summed E-state index contributed by atoms with van der Waals surface area (Å²) in [5.74, 6) is -0.646. The van der Waals surface area contributed by atoms with Gasteiger partial charge in [-0.3, -0.25) is 4.79 Å². The van der Waals surface area contributed by atoms with E-state index in [1.807, 2.05) is 6.92 Å². The maximum absolute atomic E-state index is 12.8. The first-order valence-corrected chi connectivity index (χ1v) is 6.28. The third-order valence-electron chi connectivity index (χ3n) is 2.68. The molecule has 0 bridgehead atoms. The number of aliphatic hydroxyl groups is 1. The second kappa shape index (κ2) is 7.21. The van der Waals surface area contributed by atoms with Crippen molar-refractivity contribution >= 4 is 5.91 Å². The maximum Gasteiger partial charge on any atom is 0.246 e. The number of hydrogen-bond donors (Lipinski definition) is 2. The molecule has 106 valence electrons. The lowest BCUT2D eigenvalue weighted by Crippen LogP contribution is -2.40. The molecule has 1 amide bonds. The fraction of sp³-hybridized carbons (Fsp3) is 0.500. The largest absolute Gasteiger partial charge is 0.384 e. The van der Waals surface area contributed by atoms with Gasteiger partial charge < -0.3 is 15.2 Å². The number of carbonyl (C=O) groups is 1. The summed E-state index contributed by atoms with van der Waals surface area (Å²) < 4.78 is 17.9. The average Bonchev–Trinajstić information content (AvgIpc) is 2.37. The van der Waals surface area contributed by atoms with Crippen molar-refractivity contribution in [3.63, 3.8) is 0 Å². The van der Waals surface area contributed by atoms with Crippen molar-refractivity contribution in [1.29, 1.82) is 0 Å². The van der Waals surface area contributed by atoms with E-state index in [0.717, 1.165) is 6.42 Å². The number of amides is 1. The standard InChI is InChI=1S/C14H20FNO3/c1-3-8-19-9-13(17)16-10-14(2,18)11-4-6-12(15)7-5-11/h4-7,18H,3,8-10H2,1-2H3,(H,16,17). The first-order chi connectivity index (χ1) is 8.95. The van der Waals surface area contributed by atoms with Gasteiger partial charge in [-0.1, -0.05) is 19.1 Å². The van der Waals surface area contributed by atoms with Gasteiger partial charge in [-0.05, 0) is 31.0 Å². The van der Waals surface area contributed by atoms with Gasteiger partial charge in [0.2, 0.25) is 5.91 Å². The van der Waals surface area contributed by atoms with Gasteiger partial charge in [0.15, 0.2) is 0 Å². The van der Waals surface area contributed by atoms with Gasteiger partial charge in [0, 0.05) is 6.61 Å². The fourth-order valence-corrected chi connectivity index (χ4v) is 1.54. The summed E-state index contributed by atoms with van der Waals surface area (Å²) in [5.41, 5.74) is -0.697. The quantitative estimate of drug-likeness (QED) is 0.739. The lowest BCUT2D eigenvalue weighted by Gasteiger charge is -2.24. The highest BCUT2D eigenvalue weighted by Crippen LogP contribution is 2.19. The van der Waals surface area contributed by atoms with E-state index in [4.69, 9.17) is 4.74 Å². The maximum atomic E-state index is 12.8. The van der Waals surface area contributed by atoms with E-state index in [2.05, 4.69) is 5.32 Å². The Kier molecular flexibility index (Phi) is 5.92. The third kappa shape index (κ3) is 5.36. The van der Waals surface area contributed by atoms with Gasteiger partial charge in [-0.15, -0.1) is 0 Å². The predicted octanol–water partition coefficient (Wildman–Crippen LogP) is 1.58. The SMILES string of the molecule is CCCOCC(=O)NCC(C)(O)c1ccc(F)cc1. The minimum atomic E-state index is -1.24. The fourth-order valence-electron chi connectivity index (χ4n) is 1.54. The summed E-state index contributed by atoms with van der Waals surface area (Å²) in [5, 5.41) is 12.8. The van der Waals surface area contributed by atoms with Crippen LogP contribution in [0.4, 0.5) is 4.39 Å². The molecule has 5 heteroatoms. The number of hydrogen-bond acceptors (Lipinski definition) is 3. The molecule has 0 aromatic heterocycles. The molecule has 0 aliphatic rings. The Morgan fingerprint density at radius 2 is 2.05 bits per heavy atom. The van der Waals surface area contributed by atoms with Crippen molar-refractivity contribution in [2.75, 3.05) is 19.8 Å². The Balaban J connectivity index is 2.46. The van der Waals surface area contributed by atoms with Gasteiger partial charge in [-0.2, -0.15) is 0 Å². The van der Waals surface area contributed by atoms with Crippen LogP contribution in [0.5, 0.6) is 0 Å². The smallest absolute Gasteiger partial charge is 0.246 e. The molecule has 1 aromatic rings. The van der Waals surface area contributed by atoms with Crippen LogP contribution in [0.1, 0.15) is 25.8 Å². The number of carbonyl (C=O) groups excluding carboxylic acids is 1. The monoisotopic (exact) mass is 269 g/mol. The Morgan fingerprint density at radius 3 is 2.63 bits per heavy atom. The van der Waals surface area contributed by atoms with Crippen LogP contribution in [0, 0.1) is 5.82 Å². The van der Waals surface area contributed by atoms with E-state index < -0.39 is 5.60 Å². The normalized spacial score (nSPS) is 13.9. The first kappa shape index (κ1) is 15.6. The third-order valence-corrected chi connectivity index (χ3v) is 2.68. The van der Waals surface area contributed by atoms with Crippen molar-refractivity contribution < 1.29 is 19.0 Å². The van der Waals surface area contributed by atoms with Crippen LogP contribution in [-0.4, -0.2) is 30.8 Å². The van der Waals surface area contributed by atoms with E-state index in [1.54, 1.807) is 6.92 Å². The Bertz CT molecular complexity index is 404. The number of ether oxygens (including phenoxy) is 1. The summed E-state index contributed by atoms with van der Waals surface area (Å²) in [6, 6.07) is 5.54. The zero-order chi connectivity index (χ0) is 14.3. The van der Waals surface area contributed by atoms with Gasteiger partial charge in [-0.25, -0.2) is 4.39 Å². The lowest BCUT2D eigenvalue weighted by molar-refractivity contribution is -0.126. The van der Waals surface area contributed by atoms with E-state index >= 15 is 0 Å². The van der Waals surface area contributed by atoms with Crippen molar-refractivity contribution in [1.82, 2.24) is 5.32 Å². The lowest BCUT2D eigenvalue weighted by atomic mass is 9.96. The highest BCUT2D eigenvalue weighted by molar-refractivity contribution is 5.77. The van der Waals surface area contributed by atoms with Crippen LogP contribution >= 0.6 is 0 Å². The van der Waals surface area contributed by atoms with Crippen molar-refractivity contribution in [3.8, 4) is 0 Å². The molecule has 1 aromatic carbocycles. The Morgan fingerprint density at radius 1 is 1.42 bits per heavy atom. The average molecular weight is 269 g/mol. The van der Waals surface area contributed by atoms with Gasteiger partial charge in [0.25, 0.3) is 0 Å². The second-order valence-electron chi connectivity index (χ2n) is 4.61. The summed E-state index contributed by atoms with van der Waals surface area (Å²) in [6.45, 7) is 4.08. The predicted molar refractivity (Wildman–Crippen MR) is 70.1 cm³/mol. The van der Waals surface area contributed by atoms with E-state index in [-0.39, 0.29) is 24.9 Å². The van der Waals surface area contributed by atoms with Gasteiger partial charge >= 0.3 is 0 Å². The molecule has 0 saturated heterocycles. The molecule has 2 N–H and O–H groups in total. The Hall–Kier alpha value is -1.46. The van der Waals surface area contributed by atoms with Crippen LogP contribution < -0.4 is 5.32 Å². The van der Waals surface area contributed by atoms with E-state index in [0.29, 0.717) is 12.2 Å². The summed E-state index contributed by atoms with van der Waals surface area (Å²) >= 11 is 0. The molecule has 1 unspecified atom stereocenters. The molecule has 19 heavy (non-hydrogen) atoms. The van der Waals surface area contributed by atoms with Crippen molar-refractivity contribution in [3.05, 3.63) is 35.6 Å². The molecule has 0 saturated carbocycles. The second-order valence-corrected chi connectivity index (χ2v) is 4.61. The molecule has 0 heterocycles. The minimum absolute atomic E-state index is 0.0205. The molecule has 1 rings (SSSR count). The number of benzene rings is 1. The number of nitrogens with one attached hydrogen (secondary N) is 1. The molecule has 0 aliphatic heterocycles. The summed E-state index contributed by atoms with van der Waals surface area (Å²) in [7, 11) is 0. The highest BCUT2D eigenvalue weighted by atomic mass is 19.1. The van der Waals surface area contributed by atoms with Crippen LogP contribution in [0.25, 0.3) is 0 Å². The highest BCUT2D eigenvalue weighted by Gasteiger charge is 2.23. The van der Waals surface area contributed by atoms with Crippen LogP contribution in [0.3, 0.4) is 0 Å². The first-order valence-electron chi connectivity index (χ1n) is 6.28. The molecule has 4 nitrogen and oxygen atoms in total. The Labute approximate surface area is 112 Å². The van der Waals surface area contributed by atoms with E-state index in [1.165, 1.54) is 24.3 Å². The van der Waals surface area contributed by atoms with Crippen molar-refractivity contribution in [2.45, 2.75) is 25.9 Å². The molecule has 1 atom stereocenters. The van der Waals surface area contributed by atoms with Gasteiger partial charge in [0.1, 0.15) is 18.0 Å². The molecule has 0 spiro atoms. The number of rotatable bonds is 7.